The van der Waals surface area contributed by atoms with Crippen LogP contribution in [0.5, 0.6) is 0 Å². The molecule has 15 heavy (non-hydrogen) atoms. The van der Waals surface area contributed by atoms with Gasteiger partial charge < -0.3 is 5.32 Å². The molecule has 0 radical (unpaired) electrons. The highest BCUT2D eigenvalue weighted by molar-refractivity contribution is 5.11. The lowest BCUT2D eigenvalue weighted by Gasteiger charge is -2.25. The van der Waals surface area contributed by atoms with E-state index in [9.17, 15) is 0 Å². The lowest BCUT2D eigenvalue weighted by molar-refractivity contribution is 0.336. The molecule has 4 atom stereocenters. The molecule has 2 aliphatic rings. The molecule has 0 aromatic carbocycles. The first-order valence-electron chi connectivity index (χ1n) is 6.22. The van der Waals surface area contributed by atoms with E-state index in [1.54, 1.807) is 0 Å². The Bertz CT molecular complexity index is 273. The SMILES string of the molecule is CC(C)=CCNC(C)C1CC2C=CC1C2. The maximum atomic E-state index is 3.63. The number of hydrogen-bond donors (Lipinski definition) is 1. The Morgan fingerprint density at radius 2 is 2.20 bits per heavy atom. The third kappa shape index (κ3) is 2.52. The van der Waals surface area contributed by atoms with Gasteiger partial charge in [0.2, 0.25) is 0 Å². The van der Waals surface area contributed by atoms with Gasteiger partial charge in [0, 0.05) is 12.6 Å². The highest BCUT2D eigenvalue weighted by Gasteiger charge is 2.37. The molecular weight excluding hydrogens is 182 g/mol. The highest BCUT2D eigenvalue weighted by atomic mass is 14.9. The summed E-state index contributed by atoms with van der Waals surface area (Å²) in [5, 5.41) is 3.63. The molecular formula is C14H23N. The van der Waals surface area contributed by atoms with Gasteiger partial charge in [-0.25, -0.2) is 0 Å². The number of hydrogen-bond acceptors (Lipinski definition) is 1. The van der Waals surface area contributed by atoms with Crippen molar-refractivity contribution < 1.29 is 0 Å². The summed E-state index contributed by atoms with van der Waals surface area (Å²) >= 11 is 0. The van der Waals surface area contributed by atoms with Crippen LogP contribution < -0.4 is 5.32 Å². The Kier molecular flexibility index (Phi) is 3.30. The van der Waals surface area contributed by atoms with Gasteiger partial charge in [-0.3, -0.25) is 0 Å². The zero-order chi connectivity index (χ0) is 10.8. The summed E-state index contributed by atoms with van der Waals surface area (Å²) in [7, 11) is 0. The first kappa shape index (κ1) is 10.9. The van der Waals surface area contributed by atoms with Gasteiger partial charge in [0.1, 0.15) is 0 Å². The van der Waals surface area contributed by atoms with Crippen LogP contribution in [0.25, 0.3) is 0 Å². The third-order valence-corrected chi connectivity index (χ3v) is 3.92. The molecule has 4 unspecified atom stereocenters. The summed E-state index contributed by atoms with van der Waals surface area (Å²) in [6, 6.07) is 0.667. The maximum absolute atomic E-state index is 3.63. The molecule has 0 saturated heterocycles. The van der Waals surface area contributed by atoms with Crippen molar-refractivity contribution in [3.05, 3.63) is 23.8 Å². The monoisotopic (exact) mass is 205 g/mol. The fourth-order valence-electron chi connectivity index (χ4n) is 3.00. The largest absolute Gasteiger partial charge is 0.310 e. The molecule has 0 aromatic rings. The molecule has 2 aliphatic carbocycles. The van der Waals surface area contributed by atoms with E-state index in [2.05, 4.69) is 44.3 Å². The minimum Gasteiger partial charge on any atom is -0.310 e. The van der Waals surface area contributed by atoms with Crippen molar-refractivity contribution in [2.45, 2.75) is 39.7 Å². The topological polar surface area (TPSA) is 12.0 Å². The van der Waals surface area contributed by atoms with Gasteiger partial charge in [-0.2, -0.15) is 0 Å². The van der Waals surface area contributed by atoms with Gasteiger partial charge in [-0.05, 0) is 51.4 Å². The van der Waals surface area contributed by atoms with Crippen molar-refractivity contribution in [2.24, 2.45) is 17.8 Å². The molecule has 0 aromatic heterocycles. The molecule has 0 aliphatic heterocycles. The Morgan fingerprint density at radius 3 is 2.73 bits per heavy atom. The number of rotatable bonds is 4. The van der Waals surface area contributed by atoms with E-state index >= 15 is 0 Å². The fraction of sp³-hybridized carbons (Fsp3) is 0.714. The molecule has 1 fully saturated rings. The van der Waals surface area contributed by atoms with E-state index in [0.717, 1.165) is 24.3 Å². The molecule has 0 heterocycles. The minimum atomic E-state index is 0.667. The predicted molar refractivity (Wildman–Crippen MR) is 65.7 cm³/mol. The lowest BCUT2D eigenvalue weighted by atomic mass is 9.87. The van der Waals surface area contributed by atoms with Crippen molar-refractivity contribution in [3.63, 3.8) is 0 Å². The van der Waals surface area contributed by atoms with Crippen molar-refractivity contribution in [3.8, 4) is 0 Å². The minimum absolute atomic E-state index is 0.667. The van der Waals surface area contributed by atoms with Crippen molar-refractivity contribution in [2.75, 3.05) is 6.54 Å². The van der Waals surface area contributed by atoms with Crippen LogP contribution in [0.15, 0.2) is 23.8 Å². The van der Waals surface area contributed by atoms with Crippen LogP contribution in [0.2, 0.25) is 0 Å². The highest BCUT2D eigenvalue weighted by Crippen LogP contribution is 2.44. The Labute approximate surface area is 93.6 Å². The molecule has 0 spiro atoms. The van der Waals surface area contributed by atoms with Crippen LogP contribution in [-0.4, -0.2) is 12.6 Å². The molecule has 2 bridgehead atoms. The van der Waals surface area contributed by atoms with Crippen LogP contribution in [0, 0.1) is 17.8 Å². The van der Waals surface area contributed by atoms with Crippen LogP contribution in [0.1, 0.15) is 33.6 Å². The summed E-state index contributed by atoms with van der Waals surface area (Å²) in [6.07, 6.45) is 9.96. The molecule has 84 valence electrons. The first-order valence-corrected chi connectivity index (χ1v) is 6.22. The molecule has 0 amide bonds. The van der Waals surface area contributed by atoms with Crippen molar-refractivity contribution in [1.82, 2.24) is 5.32 Å². The summed E-state index contributed by atoms with van der Waals surface area (Å²) in [4.78, 5) is 0. The summed E-state index contributed by atoms with van der Waals surface area (Å²) in [5.74, 6) is 2.64. The number of fused-ring (bicyclic) bond motifs is 2. The average Bonchev–Trinajstić information content (AvgIpc) is 2.77. The van der Waals surface area contributed by atoms with Crippen LogP contribution in [0.3, 0.4) is 0 Å². The van der Waals surface area contributed by atoms with E-state index in [1.807, 2.05) is 0 Å². The lowest BCUT2D eigenvalue weighted by Crippen LogP contribution is -2.35. The average molecular weight is 205 g/mol. The van der Waals surface area contributed by atoms with Gasteiger partial charge >= 0.3 is 0 Å². The second-order valence-electron chi connectivity index (χ2n) is 5.42. The number of nitrogens with one attached hydrogen (secondary N) is 1. The van der Waals surface area contributed by atoms with E-state index in [4.69, 9.17) is 0 Å². The predicted octanol–water partition coefficient (Wildman–Crippen LogP) is 3.14. The molecule has 1 nitrogen and oxygen atoms in total. The third-order valence-electron chi connectivity index (χ3n) is 3.92. The Morgan fingerprint density at radius 1 is 1.40 bits per heavy atom. The quantitative estimate of drug-likeness (QED) is 0.695. The zero-order valence-electron chi connectivity index (χ0n) is 10.2. The smallest absolute Gasteiger partial charge is 0.0139 e. The normalized spacial score (nSPS) is 34.5. The molecule has 1 N–H and O–H groups in total. The van der Waals surface area contributed by atoms with Crippen molar-refractivity contribution in [1.29, 1.82) is 0 Å². The Balaban J connectivity index is 1.79. The van der Waals surface area contributed by atoms with Gasteiger partial charge in [0.05, 0.1) is 0 Å². The second-order valence-corrected chi connectivity index (χ2v) is 5.42. The van der Waals surface area contributed by atoms with E-state index < -0.39 is 0 Å². The zero-order valence-corrected chi connectivity index (χ0v) is 10.2. The van der Waals surface area contributed by atoms with E-state index in [-0.39, 0.29) is 0 Å². The van der Waals surface area contributed by atoms with E-state index in [0.29, 0.717) is 6.04 Å². The molecule has 2 rings (SSSR count). The summed E-state index contributed by atoms with van der Waals surface area (Å²) in [5.41, 5.74) is 1.41. The van der Waals surface area contributed by atoms with Gasteiger partial charge in [0.15, 0.2) is 0 Å². The van der Waals surface area contributed by atoms with Crippen LogP contribution >= 0.6 is 0 Å². The van der Waals surface area contributed by atoms with Gasteiger partial charge in [-0.15, -0.1) is 0 Å². The van der Waals surface area contributed by atoms with Crippen molar-refractivity contribution >= 4 is 0 Å². The van der Waals surface area contributed by atoms with Gasteiger partial charge in [-0.1, -0.05) is 23.8 Å². The van der Waals surface area contributed by atoms with Crippen LogP contribution in [-0.2, 0) is 0 Å². The first-order chi connectivity index (χ1) is 7.16. The van der Waals surface area contributed by atoms with E-state index in [1.165, 1.54) is 18.4 Å². The summed E-state index contributed by atoms with van der Waals surface area (Å²) in [6.45, 7) is 7.69. The Hall–Kier alpha value is -0.560. The molecule has 1 heteroatoms. The standard InChI is InChI=1S/C14H23N/c1-10(2)6-7-15-11(3)14-9-12-4-5-13(14)8-12/h4-6,11-15H,7-9H2,1-3H3. The van der Waals surface area contributed by atoms with Crippen LogP contribution in [0.4, 0.5) is 0 Å². The summed E-state index contributed by atoms with van der Waals surface area (Å²) < 4.78 is 0. The second kappa shape index (κ2) is 4.52. The molecule has 1 saturated carbocycles. The fourth-order valence-corrected chi connectivity index (χ4v) is 3.00. The van der Waals surface area contributed by atoms with Gasteiger partial charge in [0.25, 0.3) is 0 Å². The maximum Gasteiger partial charge on any atom is 0.0139 e. The number of allylic oxidation sites excluding steroid dienone is 3.